The van der Waals surface area contributed by atoms with Crippen molar-refractivity contribution >= 4 is 10.1 Å². The molecular formula is C15H16O3S. The van der Waals surface area contributed by atoms with Gasteiger partial charge in [-0.25, -0.2) is 0 Å². The molecule has 4 heteroatoms. The standard InChI is InChI=1S/C15H16O3S/c1-19(16,17)18-12-11-14-9-5-6-10-15(14)13-7-3-2-4-8-13/h2-10H,11-12H2,1H3. The Hall–Kier alpha value is -1.65. The van der Waals surface area contributed by atoms with E-state index in [9.17, 15) is 8.42 Å². The average Bonchev–Trinajstić information content (AvgIpc) is 2.39. The monoisotopic (exact) mass is 276 g/mol. The minimum Gasteiger partial charge on any atom is -0.270 e. The van der Waals surface area contributed by atoms with Gasteiger partial charge in [0.2, 0.25) is 0 Å². The quantitative estimate of drug-likeness (QED) is 0.789. The van der Waals surface area contributed by atoms with E-state index in [1.807, 2.05) is 54.6 Å². The largest absolute Gasteiger partial charge is 0.270 e. The van der Waals surface area contributed by atoms with Crippen molar-refractivity contribution in [2.24, 2.45) is 0 Å². The SMILES string of the molecule is CS(=O)(=O)OCCc1ccccc1-c1ccccc1. The maximum Gasteiger partial charge on any atom is 0.264 e. The summed E-state index contributed by atoms with van der Waals surface area (Å²) in [6.45, 7) is 0.169. The third kappa shape index (κ3) is 4.19. The van der Waals surface area contributed by atoms with Gasteiger partial charge < -0.3 is 0 Å². The van der Waals surface area contributed by atoms with Crippen LogP contribution in [0.15, 0.2) is 54.6 Å². The Morgan fingerprint density at radius 2 is 1.58 bits per heavy atom. The first kappa shape index (κ1) is 13.8. The lowest BCUT2D eigenvalue weighted by molar-refractivity contribution is 0.326. The number of benzene rings is 2. The Morgan fingerprint density at radius 1 is 0.947 bits per heavy atom. The van der Waals surface area contributed by atoms with Crippen LogP contribution in [0.1, 0.15) is 5.56 Å². The molecule has 2 aromatic rings. The molecule has 0 aliphatic carbocycles. The summed E-state index contributed by atoms with van der Waals surface area (Å²) >= 11 is 0. The fourth-order valence-electron chi connectivity index (χ4n) is 1.94. The minimum absolute atomic E-state index is 0.169. The molecule has 100 valence electrons. The van der Waals surface area contributed by atoms with Gasteiger partial charge in [0, 0.05) is 0 Å². The molecule has 0 fully saturated rings. The zero-order chi connectivity index (χ0) is 13.7. The highest BCUT2D eigenvalue weighted by Crippen LogP contribution is 2.23. The second kappa shape index (κ2) is 5.99. The van der Waals surface area contributed by atoms with Gasteiger partial charge in [-0.1, -0.05) is 54.6 Å². The molecule has 0 spiro atoms. The first-order chi connectivity index (χ1) is 9.06. The molecule has 0 radical (unpaired) electrons. The molecule has 0 heterocycles. The van der Waals surface area contributed by atoms with Crippen molar-refractivity contribution in [1.29, 1.82) is 0 Å². The molecule has 0 saturated carbocycles. The molecule has 0 bridgehead atoms. The Morgan fingerprint density at radius 3 is 2.26 bits per heavy atom. The van der Waals surface area contributed by atoms with Crippen molar-refractivity contribution in [2.75, 3.05) is 12.9 Å². The highest BCUT2D eigenvalue weighted by Gasteiger charge is 2.06. The molecule has 2 rings (SSSR count). The van der Waals surface area contributed by atoms with E-state index in [4.69, 9.17) is 4.18 Å². The zero-order valence-corrected chi connectivity index (χ0v) is 11.6. The summed E-state index contributed by atoms with van der Waals surface area (Å²) in [6.07, 6.45) is 1.63. The number of rotatable bonds is 5. The van der Waals surface area contributed by atoms with Gasteiger partial charge in [0.05, 0.1) is 12.9 Å². The molecule has 0 atom stereocenters. The first-order valence-electron chi connectivity index (χ1n) is 6.04. The lowest BCUT2D eigenvalue weighted by atomic mass is 9.98. The number of hydrogen-bond acceptors (Lipinski definition) is 3. The van der Waals surface area contributed by atoms with Crippen LogP contribution in [-0.4, -0.2) is 21.3 Å². The summed E-state index contributed by atoms with van der Waals surface area (Å²) in [5.41, 5.74) is 3.31. The van der Waals surface area contributed by atoms with Gasteiger partial charge in [-0.15, -0.1) is 0 Å². The third-order valence-corrected chi connectivity index (χ3v) is 3.37. The predicted octanol–water partition coefficient (Wildman–Crippen LogP) is 2.87. The van der Waals surface area contributed by atoms with Crippen molar-refractivity contribution < 1.29 is 12.6 Å². The Balaban J connectivity index is 2.18. The lowest BCUT2D eigenvalue weighted by Crippen LogP contribution is -2.06. The van der Waals surface area contributed by atoms with Crippen LogP contribution in [0, 0.1) is 0 Å². The van der Waals surface area contributed by atoms with Crippen LogP contribution in [0.2, 0.25) is 0 Å². The molecule has 0 unspecified atom stereocenters. The van der Waals surface area contributed by atoms with Crippen LogP contribution in [0.4, 0.5) is 0 Å². The first-order valence-corrected chi connectivity index (χ1v) is 7.86. The predicted molar refractivity (Wildman–Crippen MR) is 76.4 cm³/mol. The van der Waals surface area contributed by atoms with Gasteiger partial charge >= 0.3 is 0 Å². The molecule has 2 aromatic carbocycles. The van der Waals surface area contributed by atoms with E-state index >= 15 is 0 Å². The maximum atomic E-state index is 11.0. The Bertz CT molecular complexity index is 633. The van der Waals surface area contributed by atoms with Gasteiger partial charge in [0.25, 0.3) is 10.1 Å². The van der Waals surface area contributed by atoms with Crippen LogP contribution < -0.4 is 0 Å². The van der Waals surface area contributed by atoms with E-state index in [1.54, 1.807) is 0 Å². The minimum atomic E-state index is -3.37. The maximum absolute atomic E-state index is 11.0. The van der Waals surface area contributed by atoms with E-state index < -0.39 is 10.1 Å². The van der Waals surface area contributed by atoms with Crippen LogP contribution in [0.5, 0.6) is 0 Å². The molecule has 19 heavy (non-hydrogen) atoms. The molecule has 0 N–H and O–H groups in total. The van der Waals surface area contributed by atoms with Crippen molar-refractivity contribution in [3.63, 3.8) is 0 Å². The smallest absolute Gasteiger partial charge is 0.264 e. The van der Waals surface area contributed by atoms with E-state index in [0.717, 1.165) is 22.9 Å². The molecule has 0 aromatic heterocycles. The highest BCUT2D eigenvalue weighted by molar-refractivity contribution is 7.85. The van der Waals surface area contributed by atoms with E-state index in [2.05, 4.69) is 0 Å². The van der Waals surface area contributed by atoms with Crippen LogP contribution >= 0.6 is 0 Å². The Labute approximate surface area is 114 Å². The Kier molecular flexibility index (Phi) is 4.35. The topological polar surface area (TPSA) is 43.4 Å². The van der Waals surface area contributed by atoms with E-state index in [0.29, 0.717) is 6.42 Å². The van der Waals surface area contributed by atoms with E-state index in [-0.39, 0.29) is 6.61 Å². The lowest BCUT2D eigenvalue weighted by Gasteiger charge is -2.09. The highest BCUT2D eigenvalue weighted by atomic mass is 32.2. The van der Waals surface area contributed by atoms with Crippen molar-refractivity contribution in [1.82, 2.24) is 0 Å². The van der Waals surface area contributed by atoms with Gasteiger partial charge in [-0.05, 0) is 23.1 Å². The second-order valence-corrected chi connectivity index (χ2v) is 5.94. The summed E-state index contributed by atoms with van der Waals surface area (Å²) in [5, 5.41) is 0. The van der Waals surface area contributed by atoms with Gasteiger partial charge in [-0.2, -0.15) is 8.42 Å². The summed E-state index contributed by atoms with van der Waals surface area (Å²) in [5.74, 6) is 0. The van der Waals surface area contributed by atoms with Crippen molar-refractivity contribution in [3.05, 3.63) is 60.2 Å². The van der Waals surface area contributed by atoms with Crippen LogP contribution in [0.3, 0.4) is 0 Å². The summed E-state index contributed by atoms with van der Waals surface area (Å²) in [6, 6.07) is 18.0. The molecule has 3 nitrogen and oxygen atoms in total. The second-order valence-electron chi connectivity index (χ2n) is 4.30. The van der Waals surface area contributed by atoms with Crippen molar-refractivity contribution in [2.45, 2.75) is 6.42 Å². The molecule has 0 saturated heterocycles. The number of hydrogen-bond donors (Lipinski definition) is 0. The fourth-order valence-corrected chi connectivity index (χ4v) is 2.33. The molecule has 0 aliphatic heterocycles. The molecular weight excluding hydrogens is 260 g/mol. The average molecular weight is 276 g/mol. The molecule has 0 aliphatic rings. The fraction of sp³-hybridized carbons (Fsp3) is 0.200. The third-order valence-electron chi connectivity index (χ3n) is 2.77. The van der Waals surface area contributed by atoms with E-state index in [1.165, 1.54) is 0 Å². The molecule has 0 amide bonds. The zero-order valence-electron chi connectivity index (χ0n) is 10.7. The summed E-state index contributed by atoms with van der Waals surface area (Å²) < 4.78 is 26.7. The van der Waals surface area contributed by atoms with Crippen LogP contribution in [0.25, 0.3) is 11.1 Å². The summed E-state index contributed by atoms with van der Waals surface area (Å²) in [4.78, 5) is 0. The van der Waals surface area contributed by atoms with Crippen LogP contribution in [-0.2, 0) is 20.7 Å². The van der Waals surface area contributed by atoms with Gasteiger partial charge in [0.15, 0.2) is 0 Å². The van der Waals surface area contributed by atoms with Gasteiger partial charge in [-0.3, -0.25) is 4.18 Å². The normalized spacial score (nSPS) is 11.4. The summed E-state index contributed by atoms with van der Waals surface area (Å²) in [7, 11) is -3.37. The van der Waals surface area contributed by atoms with Gasteiger partial charge in [0.1, 0.15) is 0 Å². The van der Waals surface area contributed by atoms with Crippen molar-refractivity contribution in [3.8, 4) is 11.1 Å².